The van der Waals surface area contributed by atoms with E-state index in [4.69, 9.17) is 6.42 Å². The summed E-state index contributed by atoms with van der Waals surface area (Å²) in [7, 11) is 0. The van der Waals surface area contributed by atoms with E-state index in [0.717, 1.165) is 38.7 Å². The Kier molecular flexibility index (Phi) is 7.64. The minimum absolute atomic E-state index is 0.515. The third kappa shape index (κ3) is 6.25. The molecule has 0 unspecified atom stereocenters. The molecule has 1 aromatic rings. The third-order valence-electron chi connectivity index (χ3n) is 4.44. The molecule has 0 saturated carbocycles. The number of terminal acetylenes is 1. The number of hydrogen-bond acceptors (Lipinski definition) is 2. The maximum atomic E-state index is 5.30. The van der Waals surface area contributed by atoms with Crippen molar-refractivity contribution in [1.29, 1.82) is 0 Å². The number of benzene rings is 1. The Balaban J connectivity index is 1.75. The minimum Gasteiger partial charge on any atom is -0.357 e. The molecule has 4 heteroatoms. The van der Waals surface area contributed by atoms with Gasteiger partial charge in [0.05, 0.1) is 6.54 Å². The van der Waals surface area contributed by atoms with Gasteiger partial charge in [0.2, 0.25) is 0 Å². The highest BCUT2D eigenvalue weighted by Crippen LogP contribution is 2.19. The van der Waals surface area contributed by atoms with Gasteiger partial charge in [-0.25, -0.2) is 0 Å². The smallest absolute Gasteiger partial charge is 0.192 e. The summed E-state index contributed by atoms with van der Waals surface area (Å²) in [5.74, 6) is 4.09. The van der Waals surface area contributed by atoms with Crippen molar-refractivity contribution in [3.8, 4) is 12.3 Å². The van der Waals surface area contributed by atoms with E-state index in [1.807, 2.05) is 0 Å². The van der Waals surface area contributed by atoms with E-state index in [1.54, 1.807) is 0 Å². The lowest BCUT2D eigenvalue weighted by Gasteiger charge is -2.31. The van der Waals surface area contributed by atoms with Crippen LogP contribution in [0.1, 0.15) is 30.9 Å². The number of nitrogens with one attached hydrogen (secondary N) is 2. The van der Waals surface area contributed by atoms with E-state index in [0.29, 0.717) is 12.5 Å². The van der Waals surface area contributed by atoms with Crippen molar-refractivity contribution in [3.63, 3.8) is 0 Å². The molecule has 0 aliphatic carbocycles. The Labute approximate surface area is 146 Å². The molecule has 1 aromatic carbocycles. The third-order valence-corrected chi connectivity index (χ3v) is 4.44. The van der Waals surface area contributed by atoms with Gasteiger partial charge in [0.1, 0.15) is 0 Å². The van der Waals surface area contributed by atoms with Gasteiger partial charge < -0.3 is 10.6 Å². The molecule has 130 valence electrons. The van der Waals surface area contributed by atoms with Crippen molar-refractivity contribution in [2.75, 3.05) is 32.7 Å². The zero-order valence-corrected chi connectivity index (χ0v) is 15.0. The maximum Gasteiger partial charge on any atom is 0.192 e. The molecule has 1 aliphatic heterocycles. The molecule has 2 rings (SSSR count). The van der Waals surface area contributed by atoms with Crippen LogP contribution in [0.2, 0.25) is 0 Å². The number of piperidine rings is 1. The Hall–Kier alpha value is -1.99. The lowest BCUT2D eigenvalue weighted by atomic mass is 9.96. The fourth-order valence-electron chi connectivity index (χ4n) is 2.98. The Bertz CT molecular complexity index is 548. The van der Waals surface area contributed by atoms with Crippen molar-refractivity contribution >= 4 is 5.96 Å². The second kappa shape index (κ2) is 10.00. The fraction of sp³-hybridized carbons (Fsp3) is 0.550. The highest BCUT2D eigenvalue weighted by atomic mass is 15.2. The van der Waals surface area contributed by atoms with Crippen LogP contribution in [0.5, 0.6) is 0 Å². The molecular weight excluding hydrogens is 296 g/mol. The molecule has 1 fully saturated rings. The summed E-state index contributed by atoms with van der Waals surface area (Å²) < 4.78 is 0. The largest absolute Gasteiger partial charge is 0.357 e. The molecule has 0 aromatic heterocycles. The minimum atomic E-state index is 0.515. The van der Waals surface area contributed by atoms with Gasteiger partial charge >= 0.3 is 0 Å². The van der Waals surface area contributed by atoms with Crippen LogP contribution in [0.3, 0.4) is 0 Å². The van der Waals surface area contributed by atoms with Crippen LogP contribution in [-0.2, 0) is 6.54 Å². The van der Waals surface area contributed by atoms with Crippen LogP contribution < -0.4 is 10.6 Å². The topological polar surface area (TPSA) is 39.7 Å². The van der Waals surface area contributed by atoms with Crippen molar-refractivity contribution < 1.29 is 0 Å². The van der Waals surface area contributed by atoms with E-state index in [9.17, 15) is 0 Å². The van der Waals surface area contributed by atoms with Crippen molar-refractivity contribution in [2.45, 2.75) is 33.2 Å². The van der Waals surface area contributed by atoms with Gasteiger partial charge in [-0.15, -0.1) is 6.42 Å². The average molecular weight is 326 g/mol. The van der Waals surface area contributed by atoms with Crippen LogP contribution >= 0.6 is 0 Å². The SMILES string of the molecule is C#CCNC(=NCC1CCN(Cc2ccc(C)cc2)CC1)NCC. The number of nitrogens with zero attached hydrogens (tertiary/aromatic N) is 2. The zero-order valence-electron chi connectivity index (χ0n) is 15.0. The van der Waals surface area contributed by atoms with Crippen LogP contribution in [-0.4, -0.2) is 43.6 Å². The Morgan fingerprint density at radius 3 is 2.58 bits per heavy atom. The molecule has 1 heterocycles. The highest BCUT2D eigenvalue weighted by Gasteiger charge is 2.19. The summed E-state index contributed by atoms with van der Waals surface area (Å²) in [6.45, 7) is 9.81. The number of likely N-dealkylation sites (tertiary alicyclic amines) is 1. The van der Waals surface area contributed by atoms with Crippen molar-refractivity contribution in [2.24, 2.45) is 10.9 Å². The first-order chi connectivity index (χ1) is 11.7. The van der Waals surface area contributed by atoms with Gasteiger partial charge in [0, 0.05) is 19.6 Å². The highest BCUT2D eigenvalue weighted by molar-refractivity contribution is 5.79. The van der Waals surface area contributed by atoms with Crippen molar-refractivity contribution in [3.05, 3.63) is 35.4 Å². The summed E-state index contributed by atoms with van der Waals surface area (Å²) >= 11 is 0. The van der Waals surface area contributed by atoms with Crippen LogP contribution in [0.25, 0.3) is 0 Å². The lowest BCUT2D eigenvalue weighted by Crippen LogP contribution is -2.38. The summed E-state index contributed by atoms with van der Waals surface area (Å²) in [5, 5.41) is 6.38. The molecule has 0 bridgehead atoms. The standard InChI is InChI=1S/C20H30N4/c1-4-12-22-20(21-5-2)23-15-18-10-13-24(14-11-18)16-19-8-6-17(3)7-9-19/h1,6-9,18H,5,10-16H2,2-3H3,(H2,21,22,23). The predicted molar refractivity (Wildman–Crippen MR) is 102 cm³/mol. The first kappa shape index (κ1) is 18.4. The van der Waals surface area contributed by atoms with Crippen LogP contribution in [0.15, 0.2) is 29.3 Å². The molecule has 0 amide bonds. The van der Waals surface area contributed by atoms with Gasteiger partial charge in [0.25, 0.3) is 0 Å². The lowest BCUT2D eigenvalue weighted by molar-refractivity contribution is 0.180. The molecule has 4 nitrogen and oxygen atoms in total. The zero-order chi connectivity index (χ0) is 17.2. The van der Waals surface area contributed by atoms with Gasteiger partial charge in [-0.1, -0.05) is 35.7 Å². The normalized spacial score (nSPS) is 16.6. The molecule has 0 atom stereocenters. The Morgan fingerprint density at radius 2 is 1.96 bits per heavy atom. The summed E-state index contributed by atoms with van der Waals surface area (Å²) in [6, 6.07) is 8.88. The van der Waals surface area contributed by atoms with Gasteiger partial charge in [-0.3, -0.25) is 9.89 Å². The summed E-state index contributed by atoms with van der Waals surface area (Å²) in [5.41, 5.74) is 2.73. The quantitative estimate of drug-likeness (QED) is 0.479. The average Bonchev–Trinajstić information content (AvgIpc) is 2.60. The number of aliphatic imine (C=N–C) groups is 1. The molecular formula is C20H30N4. The van der Waals surface area contributed by atoms with E-state index in [1.165, 1.54) is 24.0 Å². The summed E-state index contributed by atoms with van der Waals surface area (Å²) in [4.78, 5) is 7.22. The summed E-state index contributed by atoms with van der Waals surface area (Å²) in [6.07, 6.45) is 7.72. The molecule has 1 saturated heterocycles. The predicted octanol–water partition coefficient (Wildman–Crippen LogP) is 2.40. The first-order valence-electron chi connectivity index (χ1n) is 8.94. The van der Waals surface area contributed by atoms with Crippen LogP contribution in [0.4, 0.5) is 0 Å². The molecule has 24 heavy (non-hydrogen) atoms. The number of rotatable bonds is 6. The first-order valence-corrected chi connectivity index (χ1v) is 8.94. The van der Waals surface area contributed by atoms with E-state index in [-0.39, 0.29) is 0 Å². The second-order valence-corrected chi connectivity index (χ2v) is 6.48. The van der Waals surface area contributed by atoms with Crippen molar-refractivity contribution in [1.82, 2.24) is 15.5 Å². The van der Waals surface area contributed by atoms with E-state index < -0.39 is 0 Å². The maximum absolute atomic E-state index is 5.30. The molecule has 0 radical (unpaired) electrons. The van der Waals surface area contributed by atoms with Gasteiger partial charge in [0.15, 0.2) is 5.96 Å². The van der Waals surface area contributed by atoms with Gasteiger partial charge in [-0.2, -0.15) is 0 Å². The molecule has 0 spiro atoms. The Morgan fingerprint density at radius 1 is 1.25 bits per heavy atom. The molecule has 2 N–H and O–H groups in total. The van der Waals surface area contributed by atoms with E-state index >= 15 is 0 Å². The second-order valence-electron chi connectivity index (χ2n) is 6.48. The van der Waals surface area contributed by atoms with Gasteiger partial charge in [-0.05, 0) is 51.3 Å². The molecule has 1 aliphatic rings. The number of aryl methyl sites for hydroxylation is 1. The number of guanidine groups is 1. The van der Waals surface area contributed by atoms with E-state index in [2.05, 4.69) is 64.6 Å². The monoisotopic (exact) mass is 326 g/mol. The fourth-order valence-corrected chi connectivity index (χ4v) is 2.98. The van der Waals surface area contributed by atoms with Crippen LogP contribution in [0, 0.1) is 25.2 Å². The number of hydrogen-bond donors (Lipinski definition) is 2.